The average molecular weight is 186 g/mol. The Hall–Kier alpha value is -1.57. The number of pyridine rings is 1. The molecule has 2 nitrogen and oxygen atoms in total. The standard InChI is InChI=1S/C12H14N2/c1-2-3-9-4-5-12-10(8-9)11(13)6-7-14-12/h4-8H,2-3H2,1H3,(H2,13,14). The van der Waals surface area contributed by atoms with E-state index in [4.69, 9.17) is 5.73 Å². The summed E-state index contributed by atoms with van der Waals surface area (Å²) in [4.78, 5) is 4.26. The first-order chi connectivity index (χ1) is 6.81. The van der Waals surface area contributed by atoms with Crippen LogP contribution in [0.4, 0.5) is 5.69 Å². The second-order valence-electron chi connectivity index (χ2n) is 3.50. The van der Waals surface area contributed by atoms with E-state index in [0.717, 1.165) is 29.4 Å². The summed E-state index contributed by atoms with van der Waals surface area (Å²) in [6.07, 6.45) is 4.01. The highest BCUT2D eigenvalue weighted by Crippen LogP contribution is 2.20. The van der Waals surface area contributed by atoms with Crippen molar-refractivity contribution in [1.29, 1.82) is 0 Å². The number of nitrogens with zero attached hydrogens (tertiary/aromatic N) is 1. The molecule has 0 radical (unpaired) electrons. The van der Waals surface area contributed by atoms with Crippen LogP contribution in [0.2, 0.25) is 0 Å². The molecule has 1 aromatic heterocycles. The smallest absolute Gasteiger partial charge is 0.0722 e. The van der Waals surface area contributed by atoms with Crippen LogP contribution in [0.1, 0.15) is 18.9 Å². The fourth-order valence-electron chi connectivity index (χ4n) is 1.66. The van der Waals surface area contributed by atoms with Crippen molar-refractivity contribution < 1.29 is 0 Å². The number of nitrogens with two attached hydrogens (primary N) is 1. The van der Waals surface area contributed by atoms with Gasteiger partial charge in [0, 0.05) is 17.3 Å². The third-order valence-corrected chi connectivity index (χ3v) is 2.38. The van der Waals surface area contributed by atoms with Crippen LogP contribution < -0.4 is 5.73 Å². The molecule has 2 aromatic rings. The van der Waals surface area contributed by atoms with E-state index in [-0.39, 0.29) is 0 Å². The molecule has 0 atom stereocenters. The summed E-state index contributed by atoms with van der Waals surface area (Å²) in [7, 11) is 0. The van der Waals surface area contributed by atoms with Crippen LogP contribution in [-0.2, 0) is 6.42 Å². The van der Waals surface area contributed by atoms with Gasteiger partial charge in [0.2, 0.25) is 0 Å². The largest absolute Gasteiger partial charge is 0.398 e. The first kappa shape index (κ1) is 9.00. The lowest BCUT2D eigenvalue weighted by Crippen LogP contribution is -1.90. The molecule has 0 aliphatic heterocycles. The lowest BCUT2D eigenvalue weighted by atomic mass is 10.1. The summed E-state index contributed by atoms with van der Waals surface area (Å²) in [6, 6.07) is 8.15. The molecule has 0 fully saturated rings. The zero-order valence-corrected chi connectivity index (χ0v) is 8.33. The normalized spacial score (nSPS) is 10.6. The molecule has 1 heterocycles. The number of fused-ring (bicyclic) bond motifs is 1. The molecule has 1 aromatic carbocycles. The quantitative estimate of drug-likeness (QED) is 0.783. The molecule has 0 spiro atoms. The predicted molar refractivity (Wildman–Crippen MR) is 60.2 cm³/mol. The summed E-state index contributed by atoms with van der Waals surface area (Å²) in [5.74, 6) is 0. The summed E-state index contributed by atoms with van der Waals surface area (Å²) < 4.78 is 0. The van der Waals surface area contributed by atoms with Crippen molar-refractivity contribution in [1.82, 2.24) is 4.98 Å². The maximum absolute atomic E-state index is 5.88. The number of nitrogen functional groups attached to an aromatic ring is 1. The van der Waals surface area contributed by atoms with Crippen LogP contribution in [0, 0.1) is 0 Å². The summed E-state index contributed by atoms with van der Waals surface area (Å²) in [6.45, 7) is 2.18. The summed E-state index contributed by atoms with van der Waals surface area (Å²) in [5.41, 5.74) is 9.00. The molecule has 0 amide bonds. The predicted octanol–water partition coefficient (Wildman–Crippen LogP) is 2.77. The van der Waals surface area contributed by atoms with Gasteiger partial charge in [-0.15, -0.1) is 0 Å². The number of hydrogen-bond acceptors (Lipinski definition) is 2. The fourth-order valence-corrected chi connectivity index (χ4v) is 1.66. The third-order valence-electron chi connectivity index (χ3n) is 2.38. The number of hydrogen-bond donors (Lipinski definition) is 1. The Balaban J connectivity index is 2.58. The van der Waals surface area contributed by atoms with Gasteiger partial charge in [-0.3, -0.25) is 4.98 Å². The van der Waals surface area contributed by atoms with Crippen molar-refractivity contribution in [2.24, 2.45) is 0 Å². The molecule has 72 valence electrons. The molecular formula is C12H14N2. The van der Waals surface area contributed by atoms with Crippen molar-refractivity contribution in [2.45, 2.75) is 19.8 Å². The topological polar surface area (TPSA) is 38.9 Å². The van der Waals surface area contributed by atoms with Gasteiger partial charge >= 0.3 is 0 Å². The fraction of sp³-hybridized carbons (Fsp3) is 0.250. The van der Waals surface area contributed by atoms with E-state index in [1.807, 2.05) is 12.1 Å². The lowest BCUT2D eigenvalue weighted by Gasteiger charge is -2.03. The van der Waals surface area contributed by atoms with E-state index < -0.39 is 0 Å². The summed E-state index contributed by atoms with van der Waals surface area (Å²) in [5, 5.41) is 1.07. The first-order valence-electron chi connectivity index (χ1n) is 4.94. The minimum absolute atomic E-state index is 0.813. The van der Waals surface area contributed by atoms with Crippen LogP contribution >= 0.6 is 0 Å². The maximum Gasteiger partial charge on any atom is 0.0722 e. The van der Waals surface area contributed by atoms with E-state index in [9.17, 15) is 0 Å². The second kappa shape index (κ2) is 3.66. The van der Waals surface area contributed by atoms with E-state index in [2.05, 4.69) is 24.0 Å². The molecule has 0 unspecified atom stereocenters. The zero-order valence-electron chi connectivity index (χ0n) is 8.33. The Morgan fingerprint density at radius 2 is 2.14 bits per heavy atom. The van der Waals surface area contributed by atoms with Gasteiger partial charge in [0.1, 0.15) is 0 Å². The van der Waals surface area contributed by atoms with Gasteiger partial charge in [0.25, 0.3) is 0 Å². The number of aromatic nitrogens is 1. The highest BCUT2D eigenvalue weighted by Gasteiger charge is 1.99. The molecule has 0 saturated carbocycles. The molecule has 2 heteroatoms. The van der Waals surface area contributed by atoms with E-state index >= 15 is 0 Å². The van der Waals surface area contributed by atoms with Gasteiger partial charge in [-0.05, 0) is 30.2 Å². The minimum Gasteiger partial charge on any atom is -0.398 e. The van der Waals surface area contributed by atoms with E-state index in [1.54, 1.807) is 6.20 Å². The van der Waals surface area contributed by atoms with Gasteiger partial charge in [-0.1, -0.05) is 19.4 Å². The van der Waals surface area contributed by atoms with Crippen LogP contribution in [0.25, 0.3) is 10.9 Å². The van der Waals surface area contributed by atoms with Crippen LogP contribution in [-0.4, -0.2) is 4.98 Å². The molecule has 14 heavy (non-hydrogen) atoms. The molecule has 0 aliphatic carbocycles. The van der Waals surface area contributed by atoms with Gasteiger partial charge in [0.05, 0.1) is 5.52 Å². The van der Waals surface area contributed by atoms with Crippen molar-refractivity contribution in [3.63, 3.8) is 0 Å². The maximum atomic E-state index is 5.88. The molecule has 2 rings (SSSR count). The Kier molecular flexibility index (Phi) is 2.35. The Bertz CT molecular complexity index is 449. The van der Waals surface area contributed by atoms with Crippen LogP contribution in [0.3, 0.4) is 0 Å². The van der Waals surface area contributed by atoms with Gasteiger partial charge < -0.3 is 5.73 Å². The lowest BCUT2D eigenvalue weighted by molar-refractivity contribution is 0.923. The van der Waals surface area contributed by atoms with Crippen molar-refractivity contribution in [2.75, 3.05) is 5.73 Å². The van der Waals surface area contributed by atoms with Gasteiger partial charge in [0.15, 0.2) is 0 Å². The summed E-state index contributed by atoms with van der Waals surface area (Å²) >= 11 is 0. The number of anilines is 1. The second-order valence-corrected chi connectivity index (χ2v) is 3.50. The van der Waals surface area contributed by atoms with Crippen LogP contribution in [0.15, 0.2) is 30.5 Å². The molecule has 0 bridgehead atoms. The SMILES string of the molecule is CCCc1ccc2nccc(N)c2c1. The van der Waals surface area contributed by atoms with Gasteiger partial charge in [-0.2, -0.15) is 0 Å². The molecule has 0 saturated heterocycles. The van der Waals surface area contributed by atoms with E-state index in [1.165, 1.54) is 5.56 Å². The highest BCUT2D eigenvalue weighted by atomic mass is 14.7. The van der Waals surface area contributed by atoms with Gasteiger partial charge in [-0.25, -0.2) is 0 Å². The third kappa shape index (κ3) is 1.55. The molecule has 2 N–H and O–H groups in total. The zero-order chi connectivity index (χ0) is 9.97. The van der Waals surface area contributed by atoms with Crippen molar-refractivity contribution in [3.05, 3.63) is 36.0 Å². The Morgan fingerprint density at radius 1 is 1.29 bits per heavy atom. The number of aryl methyl sites for hydroxylation is 1. The molecular weight excluding hydrogens is 172 g/mol. The highest BCUT2D eigenvalue weighted by molar-refractivity contribution is 5.90. The Morgan fingerprint density at radius 3 is 2.93 bits per heavy atom. The first-order valence-corrected chi connectivity index (χ1v) is 4.94. The van der Waals surface area contributed by atoms with Crippen LogP contribution in [0.5, 0.6) is 0 Å². The molecule has 0 aliphatic rings. The minimum atomic E-state index is 0.813. The van der Waals surface area contributed by atoms with Crippen molar-refractivity contribution >= 4 is 16.6 Å². The average Bonchev–Trinajstić information content (AvgIpc) is 2.20. The van der Waals surface area contributed by atoms with Crippen molar-refractivity contribution in [3.8, 4) is 0 Å². The Labute approximate surface area is 83.8 Å². The number of rotatable bonds is 2. The number of benzene rings is 1. The monoisotopic (exact) mass is 186 g/mol. The van der Waals surface area contributed by atoms with E-state index in [0.29, 0.717) is 0 Å².